The second kappa shape index (κ2) is 1.39. The van der Waals surface area contributed by atoms with Crippen molar-refractivity contribution < 1.29 is 5.11 Å². The van der Waals surface area contributed by atoms with Crippen molar-refractivity contribution in [3.05, 3.63) is 0 Å². The number of aliphatic hydroxyl groups is 1. The van der Waals surface area contributed by atoms with E-state index in [1.807, 2.05) is 0 Å². The average Bonchev–Trinajstić information content (AvgIpc) is 2.19. The van der Waals surface area contributed by atoms with Crippen LogP contribution < -0.4 is 0 Å². The second-order valence-corrected chi connectivity index (χ2v) is 2.25. The van der Waals surface area contributed by atoms with Gasteiger partial charge in [0.1, 0.15) is 0 Å². The first kappa shape index (κ1) is 4.41. The Kier molecular flexibility index (Phi) is 1.02. The van der Waals surface area contributed by atoms with Crippen molar-refractivity contribution in [1.82, 2.24) is 0 Å². The lowest BCUT2D eigenvalue weighted by Gasteiger charge is -1.77. The van der Waals surface area contributed by atoms with Crippen molar-refractivity contribution in [1.29, 1.82) is 0 Å². The van der Waals surface area contributed by atoms with E-state index in [1.165, 1.54) is 0 Å². The summed E-state index contributed by atoms with van der Waals surface area (Å²) < 4.78 is 0. The van der Waals surface area contributed by atoms with Crippen LogP contribution in [0, 0.1) is 5.92 Å². The van der Waals surface area contributed by atoms with E-state index in [2.05, 4.69) is 0 Å². The molecule has 0 aliphatic heterocycles. The molecule has 2 unspecified atom stereocenters. The highest BCUT2D eigenvalue weighted by Gasteiger charge is 2.33. The molecule has 0 aromatic rings. The number of hydrogen-bond donors (Lipinski definition) is 1. The lowest BCUT2D eigenvalue weighted by Crippen LogP contribution is -1.84. The molecule has 0 heterocycles. The molecule has 0 amide bonds. The molecule has 0 spiro atoms. The van der Waals surface area contributed by atoms with Gasteiger partial charge in [0.25, 0.3) is 0 Å². The average molecular weight is 107 g/mol. The van der Waals surface area contributed by atoms with Gasteiger partial charge in [-0.1, -0.05) is 0 Å². The van der Waals surface area contributed by atoms with Crippen LogP contribution in [-0.4, -0.2) is 17.1 Å². The summed E-state index contributed by atoms with van der Waals surface area (Å²) in [7, 11) is 0. The Labute approximate surface area is 41.9 Å². The third-order valence-corrected chi connectivity index (χ3v) is 1.61. The summed E-state index contributed by atoms with van der Waals surface area (Å²) in [6, 6.07) is 0. The molecule has 6 heavy (non-hydrogen) atoms. The van der Waals surface area contributed by atoms with Crippen LogP contribution in [0.5, 0.6) is 0 Å². The van der Waals surface area contributed by atoms with Gasteiger partial charge in [-0.25, -0.2) is 0 Å². The van der Waals surface area contributed by atoms with Gasteiger partial charge in [0.15, 0.2) is 0 Å². The monoisotopic (exact) mass is 106 g/mol. The molecule has 2 atom stereocenters. The van der Waals surface area contributed by atoms with Gasteiger partial charge in [-0.05, 0) is 12.3 Å². The predicted octanol–water partition coefficient (Wildman–Crippen LogP) is 0.606. The minimum atomic E-state index is 0.272. The van der Waals surface area contributed by atoms with Crippen LogP contribution in [0.1, 0.15) is 6.42 Å². The summed E-state index contributed by atoms with van der Waals surface area (Å²) in [5.41, 5.74) is 0. The third-order valence-electron chi connectivity index (χ3n) is 1.07. The Bertz CT molecular complexity index is 53.5. The fourth-order valence-electron chi connectivity index (χ4n) is 0.400. The predicted molar refractivity (Wildman–Crippen MR) is 24.8 cm³/mol. The van der Waals surface area contributed by atoms with E-state index >= 15 is 0 Å². The Hall–Kier alpha value is 0.250. The SMILES string of the molecule is OCC1CC1Cl. The van der Waals surface area contributed by atoms with Gasteiger partial charge in [0.05, 0.1) is 0 Å². The van der Waals surface area contributed by atoms with E-state index in [4.69, 9.17) is 16.7 Å². The summed E-state index contributed by atoms with van der Waals surface area (Å²) in [6.07, 6.45) is 1.01. The van der Waals surface area contributed by atoms with E-state index in [9.17, 15) is 0 Å². The Morgan fingerprint density at radius 2 is 2.33 bits per heavy atom. The quantitative estimate of drug-likeness (QED) is 0.486. The molecule has 1 aliphatic rings. The lowest BCUT2D eigenvalue weighted by molar-refractivity contribution is 0.277. The van der Waals surface area contributed by atoms with Gasteiger partial charge in [-0.15, -0.1) is 11.6 Å². The van der Waals surface area contributed by atoms with Crippen molar-refractivity contribution in [2.24, 2.45) is 5.92 Å². The first-order valence-electron chi connectivity index (χ1n) is 2.09. The number of hydrogen-bond acceptors (Lipinski definition) is 1. The molecule has 0 saturated heterocycles. The van der Waals surface area contributed by atoms with Crippen LogP contribution in [0.3, 0.4) is 0 Å². The van der Waals surface area contributed by atoms with Crippen molar-refractivity contribution in [2.75, 3.05) is 6.61 Å². The standard InChI is InChI=1S/C4H7ClO/c5-4-1-3(4)2-6/h3-4,6H,1-2H2. The van der Waals surface area contributed by atoms with Crippen LogP contribution in [0.2, 0.25) is 0 Å². The zero-order valence-corrected chi connectivity index (χ0v) is 4.15. The molecule has 1 rings (SSSR count). The maximum Gasteiger partial charge on any atom is 0.0473 e. The minimum absolute atomic E-state index is 0.272. The van der Waals surface area contributed by atoms with E-state index < -0.39 is 0 Å². The molecule has 1 fully saturated rings. The topological polar surface area (TPSA) is 20.2 Å². The van der Waals surface area contributed by atoms with Gasteiger partial charge in [0.2, 0.25) is 0 Å². The highest BCUT2D eigenvalue weighted by atomic mass is 35.5. The molecule has 1 N–H and O–H groups in total. The zero-order chi connectivity index (χ0) is 4.57. The largest absolute Gasteiger partial charge is 0.396 e. The molecule has 36 valence electrons. The van der Waals surface area contributed by atoms with Crippen molar-refractivity contribution in [3.63, 3.8) is 0 Å². The van der Waals surface area contributed by atoms with Crippen molar-refractivity contribution >= 4 is 11.6 Å². The fourth-order valence-corrected chi connectivity index (χ4v) is 0.708. The van der Waals surface area contributed by atoms with Crippen LogP contribution in [-0.2, 0) is 0 Å². The summed E-state index contributed by atoms with van der Waals surface area (Å²) in [4.78, 5) is 0. The summed E-state index contributed by atoms with van der Waals surface area (Å²) in [5, 5.41) is 8.58. The molecule has 0 aromatic heterocycles. The zero-order valence-electron chi connectivity index (χ0n) is 3.39. The first-order chi connectivity index (χ1) is 2.84. The Morgan fingerprint density at radius 1 is 1.83 bits per heavy atom. The van der Waals surface area contributed by atoms with Crippen molar-refractivity contribution in [2.45, 2.75) is 11.8 Å². The summed E-state index contributed by atoms with van der Waals surface area (Å²) in [6.45, 7) is 0.272. The van der Waals surface area contributed by atoms with E-state index in [1.54, 1.807) is 0 Å². The molecule has 0 bridgehead atoms. The van der Waals surface area contributed by atoms with Crippen LogP contribution in [0.25, 0.3) is 0 Å². The Morgan fingerprint density at radius 3 is 2.33 bits per heavy atom. The molecular formula is C4H7ClO. The number of halogens is 1. The first-order valence-corrected chi connectivity index (χ1v) is 2.53. The van der Waals surface area contributed by atoms with Crippen molar-refractivity contribution in [3.8, 4) is 0 Å². The fraction of sp³-hybridized carbons (Fsp3) is 1.00. The maximum atomic E-state index is 8.29. The molecule has 2 heteroatoms. The maximum absolute atomic E-state index is 8.29. The van der Waals surface area contributed by atoms with Gasteiger partial charge in [-0.3, -0.25) is 0 Å². The van der Waals surface area contributed by atoms with Gasteiger partial charge in [0, 0.05) is 12.0 Å². The van der Waals surface area contributed by atoms with E-state index in [0.717, 1.165) is 6.42 Å². The van der Waals surface area contributed by atoms with E-state index in [0.29, 0.717) is 5.92 Å². The molecule has 0 aromatic carbocycles. The van der Waals surface area contributed by atoms with Gasteiger partial charge >= 0.3 is 0 Å². The van der Waals surface area contributed by atoms with Gasteiger partial charge < -0.3 is 5.11 Å². The smallest absolute Gasteiger partial charge is 0.0473 e. The Balaban J connectivity index is 2.09. The number of alkyl halides is 1. The van der Waals surface area contributed by atoms with Crippen LogP contribution in [0.4, 0.5) is 0 Å². The highest BCUT2D eigenvalue weighted by Crippen LogP contribution is 2.34. The number of rotatable bonds is 1. The molecule has 1 saturated carbocycles. The molecular weight excluding hydrogens is 99.5 g/mol. The minimum Gasteiger partial charge on any atom is -0.396 e. The highest BCUT2D eigenvalue weighted by molar-refractivity contribution is 6.22. The molecule has 0 radical (unpaired) electrons. The van der Waals surface area contributed by atoms with Gasteiger partial charge in [-0.2, -0.15) is 0 Å². The van der Waals surface area contributed by atoms with E-state index in [-0.39, 0.29) is 12.0 Å². The molecule has 1 nitrogen and oxygen atoms in total. The molecule has 1 aliphatic carbocycles. The second-order valence-electron chi connectivity index (χ2n) is 1.69. The number of aliphatic hydroxyl groups excluding tert-OH is 1. The summed E-state index contributed by atoms with van der Waals surface area (Å²) >= 11 is 5.49. The third kappa shape index (κ3) is 0.660. The van der Waals surface area contributed by atoms with Crippen LogP contribution >= 0.6 is 11.6 Å². The lowest BCUT2D eigenvalue weighted by atomic mass is 10.5. The normalized spacial score (nSPS) is 43.0. The summed E-state index contributed by atoms with van der Waals surface area (Å²) in [5.74, 6) is 0.423. The van der Waals surface area contributed by atoms with Crippen LogP contribution in [0.15, 0.2) is 0 Å².